The van der Waals surface area contributed by atoms with Crippen LogP contribution in [0.3, 0.4) is 0 Å². The molecule has 0 spiro atoms. The van der Waals surface area contributed by atoms with E-state index in [-0.39, 0.29) is 0 Å². The smallest absolute Gasteiger partial charge is 0.0594 e. The summed E-state index contributed by atoms with van der Waals surface area (Å²) in [7, 11) is -0.562. The van der Waals surface area contributed by atoms with Gasteiger partial charge in [0.1, 0.15) is 0 Å². The maximum atomic E-state index is 8.24. The summed E-state index contributed by atoms with van der Waals surface area (Å²) in [6.45, 7) is 9.42. The summed E-state index contributed by atoms with van der Waals surface area (Å²) in [4.78, 5) is 0. The van der Waals surface area contributed by atoms with Crippen molar-refractivity contribution < 1.29 is 5.11 Å². The third-order valence-corrected chi connectivity index (χ3v) is 9.00. The average Bonchev–Trinajstić information content (AvgIpc) is 2.46. The lowest BCUT2D eigenvalue weighted by Crippen LogP contribution is -2.12. The van der Waals surface area contributed by atoms with Crippen molar-refractivity contribution in [2.75, 3.05) is 24.6 Å². The highest BCUT2D eigenvalue weighted by atomic mass is 31.2. The van der Waals surface area contributed by atoms with E-state index in [2.05, 4.69) is 27.7 Å². The Morgan fingerprint density at radius 3 is 1.05 bits per heavy atom. The van der Waals surface area contributed by atoms with Crippen molar-refractivity contribution in [3.05, 3.63) is 0 Å². The first-order valence-electron chi connectivity index (χ1n) is 8.52. The van der Waals surface area contributed by atoms with Gasteiger partial charge in [-0.3, -0.25) is 0 Å². The van der Waals surface area contributed by atoms with Crippen molar-refractivity contribution in [3.63, 3.8) is 0 Å². The molecule has 0 N–H and O–H groups in total. The molecule has 0 heterocycles. The van der Waals surface area contributed by atoms with Crippen LogP contribution in [-0.4, -0.2) is 24.6 Å². The van der Waals surface area contributed by atoms with Crippen molar-refractivity contribution in [3.8, 4) is 6.26 Å². The summed E-state index contributed by atoms with van der Waals surface area (Å²) in [5.74, 6) is 0. The molecule has 3 heteroatoms. The van der Waals surface area contributed by atoms with Crippen molar-refractivity contribution >= 4 is 7.26 Å². The summed E-state index contributed by atoms with van der Waals surface area (Å²) < 4.78 is 0. The Balaban J connectivity index is 0. The predicted molar refractivity (Wildman–Crippen MR) is 91.6 cm³/mol. The Bertz CT molecular complexity index is 188. The molecule has 0 aromatic heterocycles. The van der Waals surface area contributed by atoms with Gasteiger partial charge < -0.3 is 5.11 Å². The molecule has 0 radical (unpaired) electrons. The van der Waals surface area contributed by atoms with Crippen LogP contribution in [0.4, 0.5) is 0 Å². The molecule has 0 saturated carbocycles. The highest BCUT2D eigenvalue weighted by molar-refractivity contribution is 7.75. The van der Waals surface area contributed by atoms with Crippen LogP contribution in [0.1, 0.15) is 79.1 Å². The summed E-state index contributed by atoms with van der Waals surface area (Å²) in [5.41, 5.74) is 0. The van der Waals surface area contributed by atoms with Gasteiger partial charge in [0, 0.05) is 13.5 Å². The van der Waals surface area contributed by atoms with Crippen LogP contribution in [0.25, 0.3) is 0 Å². The molecule has 0 aromatic carbocycles. The molecule has 0 unspecified atom stereocenters. The first-order valence-corrected chi connectivity index (χ1v) is 11.1. The fraction of sp³-hybridized carbons (Fsp3) is 0.941. The number of nitriles is 1. The number of rotatable bonds is 12. The maximum Gasteiger partial charge on any atom is 0.0594 e. The van der Waals surface area contributed by atoms with Crippen molar-refractivity contribution in [2.24, 2.45) is 0 Å². The fourth-order valence-electron chi connectivity index (χ4n) is 2.64. The van der Waals surface area contributed by atoms with Crippen molar-refractivity contribution in [1.82, 2.24) is 0 Å². The molecule has 0 amide bonds. The summed E-state index contributed by atoms with van der Waals surface area (Å²) >= 11 is 0. The van der Waals surface area contributed by atoms with E-state index < -0.39 is 7.26 Å². The highest BCUT2D eigenvalue weighted by Gasteiger charge is 2.34. The number of unbranched alkanes of at least 4 members (excludes halogenated alkanes) is 4. The normalized spacial score (nSPS) is 10.6. The zero-order valence-corrected chi connectivity index (χ0v) is 15.2. The van der Waals surface area contributed by atoms with E-state index in [4.69, 9.17) is 10.4 Å². The Morgan fingerprint density at radius 2 is 0.900 bits per heavy atom. The van der Waals surface area contributed by atoms with E-state index in [1.165, 1.54) is 51.4 Å². The van der Waals surface area contributed by atoms with Gasteiger partial charge in [-0.1, -0.05) is 53.4 Å². The predicted octanol–water partition coefficient (Wildman–Crippen LogP) is 5.03. The van der Waals surface area contributed by atoms with E-state index in [1.54, 1.807) is 24.6 Å². The molecule has 0 fully saturated rings. The zero-order valence-electron chi connectivity index (χ0n) is 14.3. The van der Waals surface area contributed by atoms with Crippen LogP contribution in [-0.2, 0) is 0 Å². The van der Waals surface area contributed by atoms with E-state index in [0.29, 0.717) is 6.26 Å². The van der Waals surface area contributed by atoms with Crippen LogP contribution in [0.5, 0.6) is 0 Å². The molecule has 0 aromatic rings. The van der Waals surface area contributed by atoms with E-state index in [0.717, 1.165) is 0 Å². The topological polar surface area (TPSA) is 46.8 Å². The molecule has 0 saturated heterocycles. The largest absolute Gasteiger partial charge is 0.812 e. The summed E-state index contributed by atoms with van der Waals surface area (Å²) in [5, 5.41) is 15.0. The molecule has 0 aliphatic heterocycles. The monoisotopic (exact) mass is 301 g/mol. The number of hydrogen-bond acceptors (Lipinski definition) is 2. The average molecular weight is 301 g/mol. The lowest BCUT2D eigenvalue weighted by Gasteiger charge is -2.28. The third kappa shape index (κ3) is 12.7. The standard InChI is InChI=1S/C16H36P.CHNO/c1-5-9-13-17(14-10-6-2,15-11-7-3)16-12-8-4;2-1-3/h5-16H2,1-4H3;3H/q+1;/p-1. The molecular weight excluding hydrogens is 265 g/mol. The van der Waals surface area contributed by atoms with Crippen molar-refractivity contribution in [1.29, 1.82) is 5.26 Å². The van der Waals surface area contributed by atoms with Gasteiger partial charge in [0.2, 0.25) is 0 Å². The van der Waals surface area contributed by atoms with E-state index in [9.17, 15) is 0 Å². The number of nitrogens with zero attached hydrogens (tertiary/aromatic N) is 1. The van der Waals surface area contributed by atoms with Gasteiger partial charge in [-0.25, -0.2) is 5.26 Å². The minimum Gasteiger partial charge on any atom is -0.812 e. The van der Waals surface area contributed by atoms with Gasteiger partial charge in [-0.2, -0.15) is 0 Å². The first kappa shape index (κ1) is 22.0. The van der Waals surface area contributed by atoms with Crippen LogP contribution in [0.2, 0.25) is 0 Å². The molecule has 0 rings (SSSR count). The van der Waals surface area contributed by atoms with Gasteiger partial charge in [0.05, 0.1) is 24.6 Å². The summed E-state index contributed by atoms with van der Waals surface area (Å²) in [6, 6.07) is 0. The van der Waals surface area contributed by atoms with Crippen LogP contribution >= 0.6 is 7.26 Å². The molecular formula is C17H36NOP. The molecule has 20 heavy (non-hydrogen) atoms. The fourth-order valence-corrected chi connectivity index (χ4v) is 7.93. The minimum absolute atomic E-state index is 0.500. The molecule has 0 bridgehead atoms. The highest BCUT2D eigenvalue weighted by Crippen LogP contribution is 2.61. The lowest BCUT2D eigenvalue weighted by atomic mass is 10.4. The van der Waals surface area contributed by atoms with E-state index in [1.807, 2.05) is 0 Å². The van der Waals surface area contributed by atoms with Crippen molar-refractivity contribution in [2.45, 2.75) is 79.1 Å². The number of hydrogen-bond donors (Lipinski definition) is 0. The Labute approximate surface area is 128 Å². The first-order chi connectivity index (χ1) is 9.66. The van der Waals surface area contributed by atoms with Gasteiger partial charge in [0.15, 0.2) is 0 Å². The van der Waals surface area contributed by atoms with Gasteiger partial charge >= 0.3 is 0 Å². The van der Waals surface area contributed by atoms with Gasteiger partial charge in [-0.05, 0) is 25.7 Å². The molecule has 0 aliphatic rings. The third-order valence-electron chi connectivity index (χ3n) is 3.94. The maximum absolute atomic E-state index is 8.24. The SMILES string of the molecule is CCCC[P+](CCCC)(CCCC)CCCC.N#C[O-]. The quantitative estimate of drug-likeness (QED) is 0.375. The second-order valence-corrected chi connectivity index (χ2v) is 10.2. The van der Waals surface area contributed by atoms with Gasteiger partial charge in [-0.15, -0.1) is 0 Å². The lowest BCUT2D eigenvalue weighted by molar-refractivity contribution is -0.252. The minimum atomic E-state index is -0.562. The zero-order chi connectivity index (χ0) is 15.7. The van der Waals surface area contributed by atoms with Crippen LogP contribution < -0.4 is 5.11 Å². The van der Waals surface area contributed by atoms with E-state index >= 15 is 0 Å². The second-order valence-electron chi connectivity index (χ2n) is 5.74. The van der Waals surface area contributed by atoms with Gasteiger partial charge in [0.25, 0.3) is 0 Å². The van der Waals surface area contributed by atoms with Crippen LogP contribution in [0, 0.1) is 11.5 Å². The Hall–Kier alpha value is -0.280. The van der Waals surface area contributed by atoms with Crippen LogP contribution in [0.15, 0.2) is 0 Å². The molecule has 120 valence electrons. The molecule has 2 nitrogen and oxygen atoms in total. The Morgan fingerprint density at radius 1 is 0.700 bits per heavy atom. The summed E-state index contributed by atoms with van der Waals surface area (Å²) in [6.07, 6.45) is 18.4. The molecule has 0 atom stereocenters. The Kier molecular flexibility index (Phi) is 18.5. The second kappa shape index (κ2) is 16.8. The molecule has 0 aliphatic carbocycles.